The molecule has 0 atom stereocenters. The van der Waals surface area contributed by atoms with Crippen molar-refractivity contribution in [2.24, 2.45) is 16.7 Å². The molecule has 1 saturated carbocycles. The van der Waals surface area contributed by atoms with Crippen LogP contribution in [0.15, 0.2) is 18.2 Å². The predicted octanol–water partition coefficient (Wildman–Crippen LogP) is 4.77. The summed E-state index contributed by atoms with van der Waals surface area (Å²) in [7, 11) is 0. The van der Waals surface area contributed by atoms with E-state index in [-0.39, 0.29) is 0 Å². The Bertz CT molecular complexity index is 418. The molecule has 0 bridgehead atoms. The molecule has 100 valence electrons. The van der Waals surface area contributed by atoms with Crippen LogP contribution < -0.4 is 5.32 Å². The molecule has 1 aromatic carbocycles. The zero-order chi connectivity index (χ0) is 13.6. The monoisotopic (exact) mass is 285 g/mol. The van der Waals surface area contributed by atoms with E-state index in [2.05, 4.69) is 33.0 Å². The minimum Gasteiger partial charge on any atom is -0.312 e. The number of nitrogens with one attached hydrogen (secondary N) is 1. The van der Waals surface area contributed by atoms with E-state index in [9.17, 15) is 0 Å². The van der Waals surface area contributed by atoms with E-state index >= 15 is 0 Å². The molecule has 1 fully saturated rings. The van der Waals surface area contributed by atoms with E-state index in [1.807, 2.05) is 12.1 Å². The standard InChI is InChI=1S/C15H21Cl2N/c1-14(2)13(15(14,3)4)9-18-8-10-5-11(16)7-12(17)6-10/h5-7,13,18H,8-9H2,1-4H3. The van der Waals surface area contributed by atoms with Crippen LogP contribution in [0, 0.1) is 16.7 Å². The highest BCUT2D eigenvalue weighted by atomic mass is 35.5. The molecule has 1 aromatic rings. The van der Waals surface area contributed by atoms with Crippen LogP contribution in [0.4, 0.5) is 0 Å². The number of rotatable bonds is 4. The molecular formula is C15H21Cl2N. The zero-order valence-electron chi connectivity index (χ0n) is 11.5. The summed E-state index contributed by atoms with van der Waals surface area (Å²) in [6.45, 7) is 11.2. The summed E-state index contributed by atoms with van der Waals surface area (Å²) in [5.74, 6) is 0.736. The number of hydrogen-bond donors (Lipinski definition) is 1. The first-order chi connectivity index (χ1) is 8.25. The maximum atomic E-state index is 5.98. The third-order valence-electron chi connectivity index (χ3n) is 4.92. The second-order valence-corrected chi connectivity index (χ2v) is 7.28. The first-order valence-electron chi connectivity index (χ1n) is 6.41. The van der Waals surface area contributed by atoms with Gasteiger partial charge < -0.3 is 5.32 Å². The van der Waals surface area contributed by atoms with Crippen LogP contribution in [-0.2, 0) is 6.54 Å². The lowest BCUT2D eigenvalue weighted by Crippen LogP contribution is -2.18. The summed E-state index contributed by atoms with van der Waals surface area (Å²) >= 11 is 12.0. The molecule has 18 heavy (non-hydrogen) atoms. The highest BCUT2D eigenvalue weighted by Crippen LogP contribution is 2.67. The fraction of sp³-hybridized carbons (Fsp3) is 0.600. The molecule has 0 spiro atoms. The molecular weight excluding hydrogens is 265 g/mol. The van der Waals surface area contributed by atoms with Crippen LogP contribution in [0.3, 0.4) is 0 Å². The van der Waals surface area contributed by atoms with Gasteiger partial charge in [-0.1, -0.05) is 50.9 Å². The van der Waals surface area contributed by atoms with Crippen LogP contribution in [0.1, 0.15) is 33.3 Å². The van der Waals surface area contributed by atoms with Gasteiger partial charge in [0.2, 0.25) is 0 Å². The molecule has 0 aliphatic heterocycles. The van der Waals surface area contributed by atoms with Gasteiger partial charge in [-0.05, 0) is 47.1 Å². The average Bonchev–Trinajstić information content (AvgIpc) is 2.59. The summed E-state index contributed by atoms with van der Waals surface area (Å²) in [6, 6.07) is 5.69. The Labute approximate surface area is 120 Å². The van der Waals surface area contributed by atoms with Crippen molar-refractivity contribution in [2.75, 3.05) is 6.54 Å². The molecule has 2 rings (SSSR count). The molecule has 3 heteroatoms. The van der Waals surface area contributed by atoms with Gasteiger partial charge in [0.25, 0.3) is 0 Å². The minimum absolute atomic E-state index is 0.436. The van der Waals surface area contributed by atoms with Crippen LogP contribution in [0.2, 0.25) is 10.0 Å². The van der Waals surface area contributed by atoms with E-state index < -0.39 is 0 Å². The predicted molar refractivity (Wildman–Crippen MR) is 79.2 cm³/mol. The normalized spacial score (nSPS) is 21.0. The highest BCUT2D eigenvalue weighted by molar-refractivity contribution is 6.34. The van der Waals surface area contributed by atoms with Crippen molar-refractivity contribution in [3.63, 3.8) is 0 Å². The Morgan fingerprint density at radius 3 is 1.94 bits per heavy atom. The van der Waals surface area contributed by atoms with Crippen LogP contribution in [0.5, 0.6) is 0 Å². The largest absolute Gasteiger partial charge is 0.312 e. The first-order valence-corrected chi connectivity index (χ1v) is 7.16. The Kier molecular flexibility index (Phi) is 3.70. The fourth-order valence-corrected chi connectivity index (χ4v) is 3.49. The van der Waals surface area contributed by atoms with Gasteiger partial charge in [-0.25, -0.2) is 0 Å². The van der Waals surface area contributed by atoms with Crippen molar-refractivity contribution in [1.29, 1.82) is 0 Å². The fourth-order valence-electron chi connectivity index (χ4n) is 2.92. The molecule has 1 N–H and O–H groups in total. The Hall–Kier alpha value is -0.240. The summed E-state index contributed by atoms with van der Waals surface area (Å²) in [6.07, 6.45) is 0. The van der Waals surface area contributed by atoms with Gasteiger partial charge in [-0.2, -0.15) is 0 Å². The molecule has 0 radical (unpaired) electrons. The summed E-state index contributed by atoms with van der Waals surface area (Å²) in [5, 5.41) is 4.91. The van der Waals surface area contributed by atoms with Gasteiger partial charge in [0, 0.05) is 16.6 Å². The smallest absolute Gasteiger partial charge is 0.0424 e. The topological polar surface area (TPSA) is 12.0 Å². The summed E-state index contributed by atoms with van der Waals surface area (Å²) in [5.41, 5.74) is 2.02. The molecule has 0 amide bonds. The van der Waals surface area contributed by atoms with Crippen molar-refractivity contribution >= 4 is 23.2 Å². The van der Waals surface area contributed by atoms with Gasteiger partial charge in [0.15, 0.2) is 0 Å². The second-order valence-electron chi connectivity index (χ2n) is 6.40. The van der Waals surface area contributed by atoms with Crippen LogP contribution in [0.25, 0.3) is 0 Å². The van der Waals surface area contributed by atoms with E-state index in [0.29, 0.717) is 20.9 Å². The lowest BCUT2D eigenvalue weighted by Gasteiger charge is -2.07. The van der Waals surface area contributed by atoms with E-state index in [1.54, 1.807) is 6.07 Å². The van der Waals surface area contributed by atoms with Gasteiger partial charge in [0.05, 0.1) is 0 Å². The van der Waals surface area contributed by atoms with Crippen molar-refractivity contribution in [3.8, 4) is 0 Å². The summed E-state index contributed by atoms with van der Waals surface area (Å²) < 4.78 is 0. The highest BCUT2D eigenvalue weighted by Gasteiger charge is 2.63. The van der Waals surface area contributed by atoms with Gasteiger partial charge in [-0.15, -0.1) is 0 Å². The average molecular weight is 286 g/mol. The van der Waals surface area contributed by atoms with E-state index in [4.69, 9.17) is 23.2 Å². The van der Waals surface area contributed by atoms with Gasteiger partial charge >= 0.3 is 0 Å². The number of benzene rings is 1. The van der Waals surface area contributed by atoms with E-state index in [0.717, 1.165) is 24.6 Å². The molecule has 0 unspecified atom stereocenters. The Morgan fingerprint density at radius 1 is 1.00 bits per heavy atom. The lowest BCUT2D eigenvalue weighted by atomic mass is 10.0. The Morgan fingerprint density at radius 2 is 1.50 bits per heavy atom. The van der Waals surface area contributed by atoms with E-state index in [1.165, 1.54) is 0 Å². The molecule has 0 aromatic heterocycles. The second kappa shape index (κ2) is 4.70. The molecule has 0 heterocycles. The molecule has 1 aliphatic carbocycles. The van der Waals surface area contributed by atoms with Crippen LogP contribution in [-0.4, -0.2) is 6.54 Å². The first kappa shape index (κ1) is 14.2. The van der Waals surface area contributed by atoms with Crippen molar-refractivity contribution in [2.45, 2.75) is 34.2 Å². The quantitative estimate of drug-likeness (QED) is 0.841. The van der Waals surface area contributed by atoms with Crippen LogP contribution >= 0.6 is 23.2 Å². The maximum Gasteiger partial charge on any atom is 0.0424 e. The van der Waals surface area contributed by atoms with Gasteiger partial charge in [-0.3, -0.25) is 0 Å². The number of hydrogen-bond acceptors (Lipinski definition) is 1. The SMILES string of the molecule is CC1(C)C(CNCc2cc(Cl)cc(Cl)c2)C1(C)C. The molecule has 1 nitrogen and oxygen atoms in total. The maximum absolute atomic E-state index is 5.98. The van der Waals surface area contributed by atoms with Crippen molar-refractivity contribution in [1.82, 2.24) is 5.32 Å². The minimum atomic E-state index is 0.436. The molecule has 0 saturated heterocycles. The van der Waals surface area contributed by atoms with Crippen molar-refractivity contribution < 1.29 is 0 Å². The zero-order valence-corrected chi connectivity index (χ0v) is 13.0. The lowest BCUT2D eigenvalue weighted by molar-refractivity contribution is 0.457. The third-order valence-corrected chi connectivity index (χ3v) is 5.36. The Balaban J connectivity index is 1.87. The van der Waals surface area contributed by atoms with Gasteiger partial charge in [0.1, 0.15) is 0 Å². The summed E-state index contributed by atoms with van der Waals surface area (Å²) in [4.78, 5) is 0. The number of halogens is 2. The third kappa shape index (κ3) is 2.54. The molecule has 1 aliphatic rings. The van der Waals surface area contributed by atoms with Crippen molar-refractivity contribution in [3.05, 3.63) is 33.8 Å².